The molecule has 2 saturated heterocycles. The largest absolute Gasteiger partial charge is 0.369 e. The van der Waals surface area contributed by atoms with Crippen LogP contribution < -0.4 is 15.8 Å². The molecule has 2 bridgehead atoms. The maximum absolute atomic E-state index is 12.2. The maximum Gasteiger partial charge on any atom is 0.283 e. The molecule has 2 unspecified atom stereocenters. The highest BCUT2D eigenvalue weighted by Crippen LogP contribution is 2.32. The van der Waals surface area contributed by atoms with Crippen molar-refractivity contribution >= 4 is 21.6 Å². The van der Waals surface area contributed by atoms with E-state index in [4.69, 9.17) is 0 Å². The average Bonchev–Trinajstić information content (AvgIpc) is 2.79. The molecule has 110 valence electrons. The lowest BCUT2D eigenvalue weighted by Gasteiger charge is -2.37. The lowest BCUT2D eigenvalue weighted by Crippen LogP contribution is -2.47. The minimum atomic E-state index is -0.0474. The van der Waals surface area contributed by atoms with Crippen molar-refractivity contribution < 1.29 is 0 Å². The zero-order valence-corrected chi connectivity index (χ0v) is 13.6. The minimum absolute atomic E-state index is 0.0474. The van der Waals surface area contributed by atoms with Crippen molar-refractivity contribution in [3.63, 3.8) is 0 Å². The number of fused-ring (bicyclic) bond motifs is 2. The van der Waals surface area contributed by atoms with Gasteiger partial charge in [-0.05, 0) is 48.5 Å². The number of piperidine rings is 1. The Labute approximate surface area is 127 Å². The Balaban J connectivity index is 1.85. The summed E-state index contributed by atoms with van der Waals surface area (Å²) in [7, 11) is 2.08. The monoisotopic (exact) mass is 340 g/mol. The third-order valence-electron chi connectivity index (χ3n) is 4.64. The van der Waals surface area contributed by atoms with Crippen molar-refractivity contribution in [3.8, 4) is 0 Å². The van der Waals surface area contributed by atoms with Gasteiger partial charge >= 0.3 is 0 Å². The van der Waals surface area contributed by atoms with Gasteiger partial charge in [-0.3, -0.25) is 4.79 Å². The van der Waals surface area contributed by atoms with Crippen LogP contribution in [0.1, 0.15) is 32.6 Å². The van der Waals surface area contributed by atoms with Crippen molar-refractivity contribution in [2.45, 2.75) is 57.3 Å². The number of aryl methyl sites for hydroxylation is 1. The molecule has 0 aliphatic carbocycles. The van der Waals surface area contributed by atoms with Gasteiger partial charge in [-0.15, -0.1) is 0 Å². The van der Waals surface area contributed by atoms with Crippen molar-refractivity contribution in [2.24, 2.45) is 0 Å². The third kappa shape index (κ3) is 2.39. The van der Waals surface area contributed by atoms with Crippen LogP contribution in [0.2, 0.25) is 0 Å². The lowest BCUT2D eigenvalue weighted by atomic mass is 9.98. The maximum atomic E-state index is 12.2. The summed E-state index contributed by atoms with van der Waals surface area (Å²) in [6.07, 6.45) is 6.67. The summed E-state index contributed by atoms with van der Waals surface area (Å²) in [4.78, 5) is 14.4. The summed E-state index contributed by atoms with van der Waals surface area (Å²) in [5.41, 5.74) is 0.861. The second-order valence-electron chi connectivity index (χ2n) is 5.84. The van der Waals surface area contributed by atoms with Gasteiger partial charge in [-0.1, -0.05) is 0 Å². The van der Waals surface area contributed by atoms with Gasteiger partial charge in [0, 0.05) is 31.7 Å². The summed E-state index contributed by atoms with van der Waals surface area (Å²) >= 11 is 3.45. The van der Waals surface area contributed by atoms with Gasteiger partial charge in [0.25, 0.3) is 5.56 Å². The fourth-order valence-corrected chi connectivity index (χ4v) is 4.05. The number of anilines is 1. The van der Waals surface area contributed by atoms with E-state index in [0.717, 1.165) is 18.5 Å². The second kappa shape index (κ2) is 5.48. The zero-order chi connectivity index (χ0) is 14.3. The molecule has 2 aliphatic rings. The molecule has 0 spiro atoms. The summed E-state index contributed by atoms with van der Waals surface area (Å²) < 4.78 is 2.11. The molecule has 20 heavy (non-hydrogen) atoms. The molecule has 2 atom stereocenters. The predicted octanol–water partition coefficient (Wildman–Crippen LogP) is 1.74. The fourth-order valence-electron chi connectivity index (χ4n) is 3.47. The molecule has 1 aromatic rings. The van der Waals surface area contributed by atoms with Gasteiger partial charge < -0.3 is 10.2 Å². The van der Waals surface area contributed by atoms with E-state index in [1.54, 1.807) is 6.20 Å². The smallest absolute Gasteiger partial charge is 0.283 e. The Hall–Kier alpha value is -0.880. The van der Waals surface area contributed by atoms with E-state index in [1.165, 1.54) is 17.5 Å². The molecule has 3 heterocycles. The fraction of sp³-hybridized carbons (Fsp3) is 0.714. The Morgan fingerprint density at radius 3 is 2.70 bits per heavy atom. The first-order chi connectivity index (χ1) is 9.60. The summed E-state index contributed by atoms with van der Waals surface area (Å²) in [5.74, 6) is 0. The highest BCUT2D eigenvalue weighted by molar-refractivity contribution is 9.10. The molecule has 2 aliphatic heterocycles. The van der Waals surface area contributed by atoms with Gasteiger partial charge in [0.15, 0.2) is 0 Å². The first-order valence-corrected chi connectivity index (χ1v) is 8.14. The number of aromatic nitrogens is 2. The number of hydrogen-bond acceptors (Lipinski definition) is 4. The standard InChI is InChI=1S/C14H21BrN4O/c1-3-19-14(20)13(15)12(8-16-19)18(2)11-6-9-4-5-10(7-11)17-9/h8-11,17H,3-7H2,1-2H3. The molecule has 5 nitrogen and oxygen atoms in total. The van der Waals surface area contributed by atoms with E-state index in [0.29, 0.717) is 29.1 Å². The van der Waals surface area contributed by atoms with Crippen LogP contribution >= 0.6 is 15.9 Å². The number of rotatable bonds is 3. The average molecular weight is 341 g/mol. The summed E-state index contributed by atoms with van der Waals surface area (Å²) in [6.45, 7) is 2.52. The topological polar surface area (TPSA) is 50.2 Å². The van der Waals surface area contributed by atoms with Crippen LogP contribution in [0.3, 0.4) is 0 Å². The highest BCUT2D eigenvalue weighted by Gasteiger charge is 2.35. The first kappa shape index (κ1) is 14.1. The minimum Gasteiger partial charge on any atom is -0.369 e. The quantitative estimate of drug-likeness (QED) is 0.910. The van der Waals surface area contributed by atoms with Crippen LogP contribution in [0.5, 0.6) is 0 Å². The lowest BCUT2D eigenvalue weighted by molar-refractivity contribution is 0.354. The SMILES string of the molecule is CCn1ncc(N(C)C2CC3CCC(C2)N3)c(Br)c1=O. The molecule has 1 N–H and O–H groups in total. The number of hydrogen-bond donors (Lipinski definition) is 1. The molecule has 0 saturated carbocycles. The summed E-state index contributed by atoms with van der Waals surface area (Å²) in [5, 5.41) is 7.90. The molecular weight excluding hydrogens is 320 g/mol. The van der Waals surface area contributed by atoms with E-state index >= 15 is 0 Å². The first-order valence-electron chi connectivity index (χ1n) is 7.34. The molecule has 1 aromatic heterocycles. The van der Waals surface area contributed by atoms with Crippen LogP contribution in [0.25, 0.3) is 0 Å². The normalized spacial score (nSPS) is 28.6. The third-order valence-corrected chi connectivity index (χ3v) is 5.39. The molecule has 0 amide bonds. The molecule has 6 heteroatoms. The number of halogens is 1. The zero-order valence-electron chi connectivity index (χ0n) is 12.0. The van der Waals surface area contributed by atoms with Gasteiger partial charge in [-0.25, -0.2) is 4.68 Å². The molecule has 3 rings (SSSR count). The van der Waals surface area contributed by atoms with E-state index in [9.17, 15) is 4.79 Å². The van der Waals surface area contributed by atoms with Crippen LogP contribution in [-0.2, 0) is 6.54 Å². The Morgan fingerprint density at radius 1 is 1.45 bits per heavy atom. The van der Waals surface area contributed by atoms with Crippen molar-refractivity contribution in [2.75, 3.05) is 11.9 Å². The second-order valence-corrected chi connectivity index (χ2v) is 6.63. The number of nitrogens with zero attached hydrogens (tertiary/aromatic N) is 3. The van der Waals surface area contributed by atoms with Gasteiger partial charge in [0.1, 0.15) is 4.47 Å². The van der Waals surface area contributed by atoms with E-state index in [2.05, 4.69) is 38.3 Å². The van der Waals surface area contributed by atoms with Gasteiger partial charge in [0.05, 0.1) is 11.9 Å². The molecule has 2 fully saturated rings. The Kier molecular flexibility index (Phi) is 3.86. The Bertz CT molecular complexity index is 547. The van der Waals surface area contributed by atoms with Crippen LogP contribution in [0.4, 0.5) is 5.69 Å². The van der Waals surface area contributed by atoms with Crippen LogP contribution in [0.15, 0.2) is 15.5 Å². The molecule has 0 aromatic carbocycles. The predicted molar refractivity (Wildman–Crippen MR) is 83.2 cm³/mol. The van der Waals surface area contributed by atoms with Crippen LogP contribution in [0, 0.1) is 0 Å². The van der Waals surface area contributed by atoms with Gasteiger partial charge in [0.2, 0.25) is 0 Å². The van der Waals surface area contributed by atoms with Crippen molar-refractivity contribution in [1.29, 1.82) is 0 Å². The van der Waals surface area contributed by atoms with E-state index in [-0.39, 0.29) is 5.56 Å². The highest BCUT2D eigenvalue weighted by atomic mass is 79.9. The number of nitrogens with one attached hydrogen (secondary N) is 1. The molecular formula is C14H21BrN4O. The van der Waals surface area contributed by atoms with Crippen molar-refractivity contribution in [1.82, 2.24) is 15.1 Å². The Morgan fingerprint density at radius 2 is 2.10 bits per heavy atom. The van der Waals surface area contributed by atoms with E-state index < -0.39 is 0 Å². The van der Waals surface area contributed by atoms with E-state index in [1.807, 2.05) is 6.92 Å². The van der Waals surface area contributed by atoms with Crippen LogP contribution in [-0.4, -0.2) is 35.0 Å². The van der Waals surface area contributed by atoms with Gasteiger partial charge in [-0.2, -0.15) is 5.10 Å². The van der Waals surface area contributed by atoms with Crippen molar-refractivity contribution in [3.05, 3.63) is 21.0 Å². The molecule has 0 radical (unpaired) electrons. The summed E-state index contributed by atoms with van der Waals surface area (Å²) in [6, 6.07) is 1.77.